The standard InChI is InChI=1S/C20H33BrO3/c1-13(14(23)12-22)6-7-16-19(4)10-9-17(21)18(2,3)15(19)8-11-20(16,5)24/h15-17,22,24H,1,6-12H2,2-5H3/t15-,16+,17-,19-,20+/m1/s1. The van der Waals surface area contributed by atoms with Gasteiger partial charge < -0.3 is 10.2 Å². The van der Waals surface area contributed by atoms with Crippen LogP contribution < -0.4 is 0 Å². The first kappa shape index (κ1) is 20.1. The summed E-state index contributed by atoms with van der Waals surface area (Å²) in [5, 5.41) is 20.1. The first-order chi connectivity index (χ1) is 11.0. The van der Waals surface area contributed by atoms with Crippen LogP contribution in [-0.2, 0) is 4.79 Å². The molecule has 5 atom stereocenters. The van der Waals surface area contributed by atoms with Crippen LogP contribution in [0.3, 0.4) is 0 Å². The van der Waals surface area contributed by atoms with Gasteiger partial charge in [0.25, 0.3) is 0 Å². The molecule has 2 aliphatic carbocycles. The Morgan fingerprint density at radius 3 is 2.42 bits per heavy atom. The van der Waals surface area contributed by atoms with Crippen LogP contribution in [0.25, 0.3) is 0 Å². The van der Waals surface area contributed by atoms with E-state index in [0.717, 1.165) is 32.1 Å². The zero-order valence-corrected chi connectivity index (χ0v) is 17.2. The van der Waals surface area contributed by atoms with Gasteiger partial charge in [-0.15, -0.1) is 0 Å². The van der Waals surface area contributed by atoms with Gasteiger partial charge in [0, 0.05) is 4.83 Å². The number of carbonyl (C=O) groups excluding carboxylic acids is 1. The van der Waals surface area contributed by atoms with Gasteiger partial charge in [0.1, 0.15) is 6.61 Å². The Morgan fingerprint density at radius 1 is 1.21 bits per heavy atom. The van der Waals surface area contributed by atoms with Crippen molar-refractivity contribution >= 4 is 21.7 Å². The molecule has 2 N–H and O–H groups in total. The van der Waals surface area contributed by atoms with Crippen molar-refractivity contribution < 1.29 is 15.0 Å². The second-order valence-electron chi connectivity index (χ2n) is 9.06. The maximum Gasteiger partial charge on any atom is 0.183 e. The van der Waals surface area contributed by atoms with Crippen LogP contribution in [0, 0.1) is 22.7 Å². The number of hydrogen-bond donors (Lipinski definition) is 2. The topological polar surface area (TPSA) is 57.5 Å². The summed E-state index contributed by atoms with van der Waals surface area (Å²) >= 11 is 3.89. The van der Waals surface area contributed by atoms with Gasteiger partial charge in [-0.05, 0) is 73.7 Å². The first-order valence-electron chi connectivity index (χ1n) is 9.15. The van der Waals surface area contributed by atoms with Crippen molar-refractivity contribution in [3.05, 3.63) is 12.2 Å². The third-order valence-electron chi connectivity index (χ3n) is 7.20. The van der Waals surface area contributed by atoms with Crippen molar-refractivity contribution in [2.75, 3.05) is 6.61 Å². The van der Waals surface area contributed by atoms with Gasteiger partial charge in [0.2, 0.25) is 0 Å². The number of hydrogen-bond acceptors (Lipinski definition) is 3. The van der Waals surface area contributed by atoms with E-state index in [1.807, 2.05) is 6.92 Å². The number of rotatable bonds is 5. The van der Waals surface area contributed by atoms with E-state index < -0.39 is 12.2 Å². The average Bonchev–Trinajstić information content (AvgIpc) is 2.49. The predicted molar refractivity (Wildman–Crippen MR) is 101 cm³/mol. The number of aliphatic hydroxyl groups excluding tert-OH is 1. The molecule has 0 spiro atoms. The molecule has 2 saturated carbocycles. The van der Waals surface area contributed by atoms with Gasteiger partial charge in [-0.1, -0.05) is 43.3 Å². The zero-order valence-electron chi connectivity index (χ0n) is 15.6. The highest BCUT2D eigenvalue weighted by Gasteiger charge is 2.59. The first-order valence-corrected chi connectivity index (χ1v) is 10.1. The van der Waals surface area contributed by atoms with Crippen molar-refractivity contribution in [2.24, 2.45) is 22.7 Å². The van der Waals surface area contributed by atoms with Gasteiger partial charge in [0.15, 0.2) is 5.78 Å². The number of carbonyl (C=O) groups is 1. The quantitative estimate of drug-likeness (QED) is 0.535. The lowest BCUT2D eigenvalue weighted by molar-refractivity contribution is -0.166. The summed E-state index contributed by atoms with van der Waals surface area (Å²) in [4.78, 5) is 12.1. The van der Waals surface area contributed by atoms with Crippen molar-refractivity contribution in [3.63, 3.8) is 0 Å². The third kappa shape index (κ3) is 3.39. The molecule has 0 bridgehead atoms. The van der Waals surface area contributed by atoms with E-state index in [1.54, 1.807) is 0 Å². The van der Waals surface area contributed by atoms with Gasteiger partial charge in [-0.2, -0.15) is 0 Å². The molecule has 24 heavy (non-hydrogen) atoms. The molecule has 0 aromatic carbocycles. The minimum Gasteiger partial charge on any atom is -0.390 e. The Bertz CT molecular complexity index is 511. The third-order valence-corrected chi connectivity index (χ3v) is 8.83. The molecule has 0 saturated heterocycles. The Hall–Kier alpha value is -0.190. The zero-order chi connectivity index (χ0) is 18.3. The molecule has 2 aliphatic rings. The van der Waals surface area contributed by atoms with Crippen LogP contribution in [-0.4, -0.2) is 33.0 Å². The van der Waals surface area contributed by atoms with Crippen molar-refractivity contribution in [1.29, 1.82) is 0 Å². The summed E-state index contributed by atoms with van der Waals surface area (Å²) < 4.78 is 0. The monoisotopic (exact) mass is 400 g/mol. The minimum atomic E-state index is -0.705. The van der Waals surface area contributed by atoms with Crippen LogP contribution in [0.15, 0.2) is 12.2 Å². The summed E-state index contributed by atoms with van der Waals surface area (Å²) in [6, 6.07) is 0. The smallest absolute Gasteiger partial charge is 0.183 e. The highest BCUT2D eigenvalue weighted by Crippen LogP contribution is 2.64. The Kier molecular flexibility index (Phi) is 5.74. The molecule has 2 rings (SSSR count). The molecule has 0 aromatic rings. The number of fused-ring (bicyclic) bond motifs is 1. The highest BCUT2D eigenvalue weighted by molar-refractivity contribution is 9.09. The molecule has 0 radical (unpaired) electrons. The number of Topliss-reactive ketones (excluding diaryl/α,β-unsaturated/α-hetero) is 1. The van der Waals surface area contributed by atoms with Crippen molar-refractivity contribution in [2.45, 2.75) is 76.6 Å². The van der Waals surface area contributed by atoms with E-state index >= 15 is 0 Å². The molecule has 0 unspecified atom stereocenters. The highest BCUT2D eigenvalue weighted by atomic mass is 79.9. The molecule has 0 heterocycles. The second-order valence-corrected chi connectivity index (χ2v) is 10.2. The Morgan fingerprint density at radius 2 is 1.83 bits per heavy atom. The lowest BCUT2D eigenvalue weighted by atomic mass is 9.45. The predicted octanol–water partition coefficient (Wildman–Crippen LogP) is 4.25. The lowest BCUT2D eigenvalue weighted by Crippen LogP contribution is -2.59. The summed E-state index contributed by atoms with van der Waals surface area (Å²) in [5.41, 5.74) is 0.0354. The Balaban J connectivity index is 2.26. The van der Waals surface area contributed by atoms with Crippen LogP contribution in [0.2, 0.25) is 0 Å². The molecule has 138 valence electrons. The lowest BCUT2D eigenvalue weighted by Gasteiger charge is -2.62. The normalized spacial score (nSPS) is 41.5. The number of ketones is 1. The SMILES string of the molecule is C=C(CC[C@H]1[C@]2(C)CC[C@@H](Br)C(C)(C)[C@H]2CC[C@]1(C)O)C(=O)CO. The summed E-state index contributed by atoms with van der Waals surface area (Å²) in [5.74, 6) is 0.415. The molecule has 0 aromatic heterocycles. The van der Waals surface area contributed by atoms with E-state index in [9.17, 15) is 9.90 Å². The molecule has 2 fully saturated rings. The molecule has 3 nitrogen and oxygen atoms in total. The number of aliphatic hydroxyl groups is 2. The summed E-state index contributed by atoms with van der Waals surface area (Å²) in [7, 11) is 0. The Labute approximate surface area is 155 Å². The molecule has 0 amide bonds. The number of halogens is 1. The maximum absolute atomic E-state index is 11.6. The van der Waals surface area contributed by atoms with E-state index in [4.69, 9.17) is 5.11 Å². The van der Waals surface area contributed by atoms with Crippen LogP contribution in [0.4, 0.5) is 0 Å². The van der Waals surface area contributed by atoms with Gasteiger partial charge >= 0.3 is 0 Å². The largest absolute Gasteiger partial charge is 0.390 e. The van der Waals surface area contributed by atoms with Gasteiger partial charge in [-0.3, -0.25) is 4.79 Å². The summed E-state index contributed by atoms with van der Waals surface area (Å²) in [6.45, 7) is 12.3. The van der Waals surface area contributed by atoms with Crippen LogP contribution in [0.1, 0.15) is 66.2 Å². The fourth-order valence-electron chi connectivity index (χ4n) is 5.70. The second kappa shape index (κ2) is 6.85. The molecular formula is C20H33BrO3. The minimum absolute atomic E-state index is 0.0675. The van der Waals surface area contributed by atoms with E-state index in [-0.39, 0.29) is 22.5 Å². The summed E-state index contributed by atoms with van der Waals surface area (Å²) in [6.07, 6.45) is 5.38. The fraction of sp³-hybridized carbons (Fsp3) is 0.850. The van der Waals surface area contributed by atoms with Crippen LogP contribution >= 0.6 is 15.9 Å². The van der Waals surface area contributed by atoms with Gasteiger partial charge in [0.05, 0.1) is 5.60 Å². The number of alkyl halides is 1. The van der Waals surface area contributed by atoms with Crippen molar-refractivity contribution in [3.8, 4) is 0 Å². The maximum atomic E-state index is 11.6. The van der Waals surface area contributed by atoms with E-state index in [0.29, 0.717) is 22.7 Å². The molecule has 4 heteroatoms. The molecule has 0 aliphatic heterocycles. The van der Waals surface area contributed by atoms with Crippen molar-refractivity contribution in [1.82, 2.24) is 0 Å². The van der Waals surface area contributed by atoms with E-state index in [1.165, 1.54) is 0 Å². The van der Waals surface area contributed by atoms with Crippen LogP contribution in [0.5, 0.6) is 0 Å². The fourth-order valence-corrected chi connectivity index (χ4v) is 6.25. The van der Waals surface area contributed by atoms with Gasteiger partial charge in [-0.25, -0.2) is 0 Å². The average molecular weight is 401 g/mol. The van der Waals surface area contributed by atoms with E-state index in [2.05, 4.69) is 43.3 Å². The molecular weight excluding hydrogens is 368 g/mol.